The van der Waals surface area contributed by atoms with E-state index in [9.17, 15) is 0 Å². The van der Waals surface area contributed by atoms with E-state index in [1.54, 1.807) is 0 Å². The van der Waals surface area contributed by atoms with E-state index in [1.807, 2.05) is 12.3 Å². The van der Waals surface area contributed by atoms with Crippen LogP contribution in [0.3, 0.4) is 0 Å². The Hall–Kier alpha value is -0.633. The van der Waals surface area contributed by atoms with Crippen LogP contribution in [0, 0.1) is 0 Å². The highest BCUT2D eigenvalue weighted by Crippen LogP contribution is 2.14. The minimum absolute atomic E-state index is 0.0672. The fourth-order valence-corrected chi connectivity index (χ4v) is 2.56. The molecule has 0 aliphatic carbocycles. The molecular weight excluding hydrogens is 150 g/mol. The summed E-state index contributed by atoms with van der Waals surface area (Å²) < 4.78 is 0. The summed E-state index contributed by atoms with van der Waals surface area (Å²) in [6.45, 7) is 4.60. The molecule has 1 aromatic rings. The van der Waals surface area contributed by atoms with Crippen LogP contribution >= 0.6 is 0 Å². The van der Waals surface area contributed by atoms with Crippen molar-refractivity contribution in [1.29, 1.82) is 0 Å². The van der Waals surface area contributed by atoms with Crippen molar-refractivity contribution in [2.24, 2.45) is 0 Å². The molecule has 0 saturated carbocycles. The average Bonchev–Trinajstić information content (AvgIpc) is 2.09. The second-order valence-electron chi connectivity index (χ2n) is 2.77. The van der Waals surface area contributed by atoms with E-state index in [0.29, 0.717) is 0 Å². The quantitative estimate of drug-likeness (QED) is 0.622. The van der Waals surface area contributed by atoms with Crippen LogP contribution < -0.4 is 0 Å². The molecule has 1 atom stereocenters. The molecule has 0 radical (unpaired) electrons. The van der Waals surface area contributed by atoms with Crippen LogP contribution in [0.4, 0.5) is 0 Å². The lowest BCUT2D eigenvalue weighted by Crippen LogP contribution is -2.04. The van der Waals surface area contributed by atoms with Crippen molar-refractivity contribution in [1.82, 2.24) is 4.98 Å². The van der Waals surface area contributed by atoms with E-state index >= 15 is 0 Å². The second-order valence-corrected chi connectivity index (χ2v) is 4.57. The molecule has 0 aliphatic heterocycles. The zero-order valence-corrected chi connectivity index (χ0v) is 8.66. The zero-order valence-electron chi connectivity index (χ0n) is 7.25. The molecule has 60 valence electrons. The Balaban J connectivity index is 2.74. The Morgan fingerprint density at radius 2 is 2.36 bits per heavy atom. The number of nitrogens with zero attached hydrogens (tertiary/aromatic N) is 1. The molecule has 0 fully saturated rings. The summed E-state index contributed by atoms with van der Waals surface area (Å²) in [6.07, 6.45) is 3.14. The average molecular weight is 165 g/mol. The van der Waals surface area contributed by atoms with Crippen molar-refractivity contribution in [3.05, 3.63) is 30.1 Å². The predicted molar refractivity (Wildman–Crippen MR) is 51.7 cm³/mol. The van der Waals surface area contributed by atoms with Gasteiger partial charge in [-0.3, -0.25) is 4.98 Å². The molecule has 2 heteroatoms. The van der Waals surface area contributed by atoms with Gasteiger partial charge in [-0.15, -0.1) is 0 Å². The van der Waals surface area contributed by atoms with E-state index in [1.165, 1.54) is 12.1 Å². The first-order chi connectivity index (χ1) is 5.38. The van der Waals surface area contributed by atoms with Crippen molar-refractivity contribution in [3.63, 3.8) is 0 Å². The first kappa shape index (κ1) is 8.46. The van der Waals surface area contributed by atoms with E-state index in [4.69, 9.17) is 0 Å². The summed E-state index contributed by atoms with van der Waals surface area (Å²) in [6, 6.07) is 6.20. The molecule has 0 amide bonds. The van der Waals surface area contributed by atoms with Gasteiger partial charge in [0, 0.05) is 21.4 Å². The second kappa shape index (κ2) is 4.29. The van der Waals surface area contributed by atoms with Crippen LogP contribution in [0.1, 0.15) is 24.6 Å². The molecule has 1 heterocycles. The smallest absolute Gasteiger partial charge is 0.0401 e. The van der Waals surface area contributed by atoms with Gasteiger partial charge in [0.05, 0.1) is 0 Å². The standard InChI is InChI=1S/C9H15NSi/c1-3-9(11-2)8-6-4-5-7-10-8/h4-7,9H,3,11H2,1-2H3/t9-/m0/s1. The largest absolute Gasteiger partial charge is 0.261 e. The maximum atomic E-state index is 4.36. The van der Waals surface area contributed by atoms with E-state index in [-0.39, 0.29) is 9.52 Å². The molecule has 1 aromatic heterocycles. The summed E-state index contributed by atoms with van der Waals surface area (Å²) in [5.41, 5.74) is 2.08. The van der Waals surface area contributed by atoms with Crippen LogP contribution in [0.5, 0.6) is 0 Å². The van der Waals surface area contributed by atoms with Gasteiger partial charge in [0.25, 0.3) is 0 Å². The lowest BCUT2D eigenvalue weighted by molar-refractivity contribution is 0.837. The van der Waals surface area contributed by atoms with E-state index in [0.717, 1.165) is 5.54 Å². The monoisotopic (exact) mass is 165 g/mol. The van der Waals surface area contributed by atoms with Gasteiger partial charge in [0.1, 0.15) is 0 Å². The highest BCUT2D eigenvalue weighted by molar-refractivity contribution is 6.35. The molecule has 0 saturated heterocycles. The Morgan fingerprint density at radius 3 is 2.82 bits per heavy atom. The molecular formula is C9H15NSi. The van der Waals surface area contributed by atoms with Gasteiger partial charge in [-0.25, -0.2) is 0 Å². The van der Waals surface area contributed by atoms with Crippen LogP contribution in [0.2, 0.25) is 6.55 Å². The van der Waals surface area contributed by atoms with Gasteiger partial charge < -0.3 is 0 Å². The molecule has 0 aliphatic rings. The van der Waals surface area contributed by atoms with Gasteiger partial charge in [-0.05, 0) is 17.7 Å². The zero-order chi connectivity index (χ0) is 8.10. The minimum atomic E-state index is 0.0672. The number of hydrogen-bond acceptors (Lipinski definition) is 1. The maximum absolute atomic E-state index is 4.36. The summed E-state index contributed by atoms with van der Waals surface area (Å²) in [4.78, 5) is 4.36. The number of hydrogen-bond donors (Lipinski definition) is 0. The Morgan fingerprint density at radius 1 is 1.55 bits per heavy atom. The summed E-state index contributed by atoms with van der Waals surface area (Å²) in [5.74, 6) is 0. The van der Waals surface area contributed by atoms with Gasteiger partial charge in [-0.2, -0.15) is 0 Å². The Bertz CT molecular complexity index is 194. The first-order valence-electron chi connectivity index (χ1n) is 4.29. The first-order valence-corrected chi connectivity index (χ1v) is 6.52. The summed E-state index contributed by atoms with van der Waals surface area (Å²) in [7, 11) is 0.0672. The fraction of sp³-hybridized carbons (Fsp3) is 0.444. The van der Waals surface area contributed by atoms with Gasteiger partial charge in [0.2, 0.25) is 0 Å². The summed E-state index contributed by atoms with van der Waals surface area (Å²) in [5, 5.41) is 0. The highest BCUT2D eigenvalue weighted by atomic mass is 28.2. The Kier molecular flexibility index (Phi) is 3.30. The van der Waals surface area contributed by atoms with Crippen LogP contribution in [0.25, 0.3) is 0 Å². The van der Waals surface area contributed by atoms with Crippen molar-refractivity contribution in [2.75, 3.05) is 0 Å². The normalized spacial score (nSPS) is 14.0. The summed E-state index contributed by atoms with van der Waals surface area (Å²) >= 11 is 0. The molecule has 11 heavy (non-hydrogen) atoms. The SMILES string of the molecule is CC[C@H]([SiH2]C)c1ccccn1. The Labute approximate surface area is 70.7 Å². The molecule has 0 bridgehead atoms. The van der Waals surface area contributed by atoms with Crippen molar-refractivity contribution in [2.45, 2.75) is 25.4 Å². The third kappa shape index (κ3) is 2.15. The number of pyridine rings is 1. The third-order valence-electron chi connectivity index (χ3n) is 2.09. The topological polar surface area (TPSA) is 12.9 Å². The molecule has 0 aromatic carbocycles. The molecule has 1 nitrogen and oxygen atoms in total. The predicted octanol–water partition coefficient (Wildman–Crippen LogP) is 1.75. The molecule has 0 spiro atoms. The van der Waals surface area contributed by atoms with Crippen LogP contribution in [0.15, 0.2) is 24.4 Å². The molecule has 0 N–H and O–H groups in total. The maximum Gasteiger partial charge on any atom is 0.0401 e. The van der Waals surface area contributed by atoms with Crippen LogP contribution in [-0.4, -0.2) is 14.5 Å². The lowest BCUT2D eigenvalue weighted by Gasteiger charge is -2.09. The van der Waals surface area contributed by atoms with Gasteiger partial charge in [-0.1, -0.05) is 26.0 Å². The van der Waals surface area contributed by atoms with Crippen molar-refractivity contribution < 1.29 is 0 Å². The number of rotatable bonds is 3. The minimum Gasteiger partial charge on any atom is -0.261 e. The van der Waals surface area contributed by atoms with Gasteiger partial charge in [0.15, 0.2) is 0 Å². The number of aromatic nitrogens is 1. The fourth-order valence-electron chi connectivity index (χ4n) is 1.32. The van der Waals surface area contributed by atoms with Crippen LogP contribution in [-0.2, 0) is 0 Å². The van der Waals surface area contributed by atoms with Crippen molar-refractivity contribution in [3.8, 4) is 0 Å². The highest BCUT2D eigenvalue weighted by Gasteiger charge is 2.06. The molecule has 1 rings (SSSR count). The van der Waals surface area contributed by atoms with E-state index in [2.05, 4.69) is 30.6 Å². The van der Waals surface area contributed by atoms with Crippen molar-refractivity contribution >= 4 is 9.52 Å². The molecule has 0 unspecified atom stereocenters. The van der Waals surface area contributed by atoms with Gasteiger partial charge >= 0.3 is 0 Å². The lowest BCUT2D eigenvalue weighted by atomic mass is 10.2. The van der Waals surface area contributed by atoms with E-state index < -0.39 is 0 Å². The third-order valence-corrected chi connectivity index (χ3v) is 4.07.